The predicted molar refractivity (Wildman–Crippen MR) is 146 cm³/mol. The van der Waals surface area contributed by atoms with Crippen molar-refractivity contribution in [2.75, 3.05) is 36.4 Å². The maximum Gasteiger partial charge on any atom is 0.417 e. The lowest BCUT2D eigenvalue weighted by molar-refractivity contribution is -0.137. The summed E-state index contributed by atoms with van der Waals surface area (Å²) in [5, 5.41) is 12.2. The molecule has 0 atom stereocenters. The molecule has 0 spiro atoms. The minimum atomic E-state index is -4.57. The minimum Gasteiger partial charge on any atom is -0.489 e. The number of nitrogens with one attached hydrogen (secondary N) is 1. The number of carbonyl (C=O) groups excluding carboxylic acids is 1. The molecule has 0 radical (unpaired) electrons. The lowest BCUT2D eigenvalue weighted by Crippen LogP contribution is -2.49. The molecule has 3 aliphatic rings. The summed E-state index contributed by atoms with van der Waals surface area (Å²) in [6, 6.07) is 7.41. The van der Waals surface area contributed by atoms with E-state index in [9.17, 15) is 18.0 Å². The topological polar surface area (TPSA) is 81.5 Å². The normalized spacial score (nSPS) is 22.1. The number of aromatic nitrogens is 1. The van der Waals surface area contributed by atoms with E-state index in [1.54, 1.807) is 12.3 Å². The van der Waals surface area contributed by atoms with Gasteiger partial charge in [0.05, 0.1) is 41.4 Å². The number of rotatable bonds is 7. The van der Waals surface area contributed by atoms with Gasteiger partial charge in [-0.25, -0.2) is 0 Å². The molecular weight excluding hydrogens is 519 g/mol. The van der Waals surface area contributed by atoms with Crippen molar-refractivity contribution < 1.29 is 22.7 Å². The molecule has 1 aromatic carbocycles. The molecule has 214 valence electrons. The van der Waals surface area contributed by atoms with Crippen LogP contribution in [0.2, 0.25) is 0 Å². The number of pyridine rings is 1. The highest BCUT2D eigenvalue weighted by atomic mass is 19.4. The first-order chi connectivity index (χ1) is 19.3. The molecule has 1 amide bonds. The van der Waals surface area contributed by atoms with Gasteiger partial charge in [-0.15, -0.1) is 0 Å². The van der Waals surface area contributed by atoms with E-state index in [0.29, 0.717) is 23.8 Å². The van der Waals surface area contributed by atoms with E-state index in [4.69, 9.17) is 10.00 Å². The zero-order chi connectivity index (χ0) is 28.1. The van der Waals surface area contributed by atoms with Crippen LogP contribution in [0.4, 0.5) is 24.5 Å². The van der Waals surface area contributed by atoms with Crippen molar-refractivity contribution >= 4 is 17.3 Å². The van der Waals surface area contributed by atoms with Crippen molar-refractivity contribution in [3.63, 3.8) is 0 Å². The van der Waals surface area contributed by atoms with Gasteiger partial charge in [-0.3, -0.25) is 9.78 Å². The Balaban J connectivity index is 1.09. The number of carbonyl (C=O) groups is 1. The molecule has 2 aromatic rings. The fourth-order valence-electron chi connectivity index (χ4n) is 6.17. The number of ether oxygens (including phenoxy) is 1. The second kappa shape index (κ2) is 12.4. The Labute approximate surface area is 233 Å². The molecule has 2 heterocycles. The summed E-state index contributed by atoms with van der Waals surface area (Å²) in [6.07, 6.45) is 7.59. The number of benzene rings is 1. The lowest BCUT2D eigenvalue weighted by atomic mass is 9.92. The summed E-state index contributed by atoms with van der Waals surface area (Å²) in [6.45, 7) is 2.97. The predicted octanol–water partition coefficient (Wildman–Crippen LogP) is 6.00. The number of hydrogen-bond donors (Lipinski definition) is 1. The summed E-state index contributed by atoms with van der Waals surface area (Å²) >= 11 is 0. The smallest absolute Gasteiger partial charge is 0.417 e. The molecule has 0 bridgehead atoms. The quantitative estimate of drug-likeness (QED) is 0.451. The summed E-state index contributed by atoms with van der Waals surface area (Å²) in [4.78, 5) is 21.3. The largest absolute Gasteiger partial charge is 0.489 e. The summed E-state index contributed by atoms with van der Waals surface area (Å²) in [7, 11) is 0. The van der Waals surface area contributed by atoms with Gasteiger partial charge in [0.25, 0.3) is 0 Å². The Hall–Kier alpha value is -3.48. The molecule has 2 saturated carbocycles. The lowest BCUT2D eigenvalue weighted by Gasteiger charge is -2.36. The van der Waals surface area contributed by atoms with E-state index in [1.807, 2.05) is 17.2 Å². The Morgan fingerprint density at radius 2 is 1.75 bits per heavy atom. The molecule has 5 rings (SSSR count). The monoisotopic (exact) mass is 555 g/mol. The van der Waals surface area contributed by atoms with Crippen molar-refractivity contribution in [1.29, 1.82) is 5.26 Å². The third-order valence-corrected chi connectivity index (χ3v) is 8.43. The van der Waals surface area contributed by atoms with Gasteiger partial charge in [-0.1, -0.05) is 12.8 Å². The van der Waals surface area contributed by atoms with E-state index in [0.717, 1.165) is 63.6 Å². The van der Waals surface area contributed by atoms with Gasteiger partial charge in [-0.05, 0) is 62.6 Å². The van der Waals surface area contributed by atoms with Gasteiger partial charge < -0.3 is 19.9 Å². The van der Waals surface area contributed by atoms with Crippen LogP contribution in [0, 0.1) is 17.2 Å². The average molecular weight is 556 g/mol. The molecule has 10 heteroatoms. The van der Waals surface area contributed by atoms with Gasteiger partial charge in [-0.2, -0.15) is 18.4 Å². The van der Waals surface area contributed by atoms with Crippen LogP contribution in [-0.4, -0.2) is 54.1 Å². The molecule has 3 fully saturated rings. The molecule has 40 heavy (non-hydrogen) atoms. The zero-order valence-corrected chi connectivity index (χ0v) is 22.6. The molecule has 1 N–H and O–H groups in total. The first-order valence-electron chi connectivity index (χ1n) is 14.3. The van der Waals surface area contributed by atoms with Crippen LogP contribution in [0.25, 0.3) is 0 Å². The highest BCUT2D eigenvalue weighted by molar-refractivity contribution is 5.76. The maximum atomic E-state index is 13.3. The molecule has 1 aliphatic heterocycles. The van der Waals surface area contributed by atoms with Crippen LogP contribution < -0.4 is 15.0 Å². The van der Waals surface area contributed by atoms with E-state index < -0.39 is 11.7 Å². The second-order valence-electron chi connectivity index (χ2n) is 11.2. The summed E-state index contributed by atoms with van der Waals surface area (Å²) < 4.78 is 46.1. The first-order valence-corrected chi connectivity index (χ1v) is 14.3. The van der Waals surface area contributed by atoms with Crippen LogP contribution in [0.15, 0.2) is 36.7 Å². The number of anilines is 2. The van der Waals surface area contributed by atoms with Gasteiger partial charge in [0.2, 0.25) is 5.91 Å². The number of nitrogens with zero attached hydrogens (tertiary/aromatic N) is 4. The molecular formula is C30H36F3N5O2. The van der Waals surface area contributed by atoms with Crippen LogP contribution in [0.3, 0.4) is 0 Å². The van der Waals surface area contributed by atoms with Gasteiger partial charge in [0.1, 0.15) is 5.75 Å². The standard InChI is InChI=1S/C30H36F3N5O2/c31-30(32,33)28-16-24(6-5-22(28)18-34)36-23-7-9-26(10-8-23)40-27-17-25(19-35-20-27)37-11-13-38(14-12-37)29(39)15-21-3-1-2-4-21/h5-6,16-17,19-21,23,26,36H,1-4,7-15H2. The summed E-state index contributed by atoms with van der Waals surface area (Å²) in [5.41, 5.74) is 0.0622. The molecule has 7 nitrogen and oxygen atoms in total. The fourth-order valence-corrected chi connectivity index (χ4v) is 6.17. The van der Waals surface area contributed by atoms with Crippen molar-refractivity contribution in [3.05, 3.63) is 47.8 Å². The molecule has 1 aromatic heterocycles. The SMILES string of the molecule is N#Cc1ccc(NC2CCC(Oc3cncc(N4CCN(C(=O)CC5CCCC5)CC4)c3)CC2)cc1C(F)(F)F. The van der Waals surface area contributed by atoms with Gasteiger partial charge in [0.15, 0.2) is 0 Å². The van der Waals surface area contributed by atoms with Gasteiger partial charge >= 0.3 is 6.18 Å². The fraction of sp³-hybridized carbons (Fsp3) is 0.567. The number of piperazine rings is 1. The Bertz CT molecular complexity index is 1210. The Kier molecular flexibility index (Phi) is 8.67. The number of amides is 1. The van der Waals surface area contributed by atoms with E-state index in [1.165, 1.54) is 37.8 Å². The Morgan fingerprint density at radius 3 is 2.42 bits per heavy atom. The first kappa shape index (κ1) is 28.1. The Morgan fingerprint density at radius 1 is 1.02 bits per heavy atom. The average Bonchev–Trinajstić information content (AvgIpc) is 3.47. The zero-order valence-electron chi connectivity index (χ0n) is 22.6. The van der Waals surface area contributed by atoms with Crippen molar-refractivity contribution in [2.24, 2.45) is 5.92 Å². The van der Waals surface area contributed by atoms with Crippen LogP contribution in [0.5, 0.6) is 5.75 Å². The molecule has 2 aliphatic carbocycles. The van der Waals surface area contributed by atoms with Gasteiger partial charge in [0, 0.05) is 50.4 Å². The third kappa shape index (κ3) is 6.98. The van der Waals surface area contributed by atoms with E-state index >= 15 is 0 Å². The third-order valence-electron chi connectivity index (χ3n) is 8.43. The van der Waals surface area contributed by atoms with Crippen molar-refractivity contribution in [3.8, 4) is 11.8 Å². The van der Waals surface area contributed by atoms with E-state index in [2.05, 4.69) is 15.2 Å². The summed E-state index contributed by atoms with van der Waals surface area (Å²) in [5.74, 6) is 1.55. The van der Waals surface area contributed by atoms with E-state index in [-0.39, 0.29) is 23.6 Å². The van der Waals surface area contributed by atoms with Crippen LogP contribution in [0.1, 0.15) is 68.9 Å². The number of nitriles is 1. The minimum absolute atomic E-state index is 0.00635. The second-order valence-corrected chi connectivity index (χ2v) is 11.2. The van der Waals surface area contributed by atoms with Crippen LogP contribution in [-0.2, 0) is 11.0 Å². The van der Waals surface area contributed by atoms with Crippen molar-refractivity contribution in [2.45, 2.75) is 76.1 Å². The highest BCUT2D eigenvalue weighted by Gasteiger charge is 2.34. The number of alkyl halides is 3. The van der Waals surface area contributed by atoms with Crippen LogP contribution >= 0.6 is 0 Å². The van der Waals surface area contributed by atoms with Crippen molar-refractivity contribution in [1.82, 2.24) is 9.88 Å². The maximum absolute atomic E-state index is 13.3. The molecule has 0 unspecified atom stereocenters. The number of halogens is 3. The molecule has 1 saturated heterocycles. The number of hydrogen-bond acceptors (Lipinski definition) is 6. The highest BCUT2D eigenvalue weighted by Crippen LogP contribution is 2.35.